The predicted molar refractivity (Wildman–Crippen MR) is 72.4 cm³/mol. The number of nitrogens with zero attached hydrogens (tertiary/aromatic N) is 2. The van der Waals surface area contributed by atoms with Crippen LogP contribution >= 0.6 is 11.8 Å². The summed E-state index contributed by atoms with van der Waals surface area (Å²) in [5, 5.41) is 4.23. The molecule has 1 aromatic carbocycles. The molecule has 0 aliphatic heterocycles. The first kappa shape index (κ1) is 12.2. The lowest BCUT2D eigenvalue weighted by molar-refractivity contribution is 0.708. The normalized spacial score (nSPS) is 10.6. The van der Waals surface area contributed by atoms with Crippen LogP contribution in [0.15, 0.2) is 47.9 Å². The van der Waals surface area contributed by atoms with Gasteiger partial charge in [0.25, 0.3) is 0 Å². The topological polar surface area (TPSA) is 29.9 Å². The number of aromatic nitrogens is 2. The zero-order chi connectivity index (χ0) is 11.9. The number of thioether (sulfide) groups is 1. The maximum Gasteiger partial charge on any atom is 0.168 e. The van der Waals surface area contributed by atoms with Gasteiger partial charge in [0, 0.05) is 31.2 Å². The Balaban J connectivity index is 1.99. The van der Waals surface area contributed by atoms with Gasteiger partial charge in [0.2, 0.25) is 0 Å². The van der Waals surface area contributed by atoms with Gasteiger partial charge in [0.15, 0.2) is 5.16 Å². The van der Waals surface area contributed by atoms with Gasteiger partial charge < -0.3 is 9.88 Å². The van der Waals surface area contributed by atoms with Gasteiger partial charge in [-0.2, -0.15) is 0 Å². The van der Waals surface area contributed by atoms with Crippen LogP contribution in [0.5, 0.6) is 0 Å². The minimum absolute atomic E-state index is 0.892. The summed E-state index contributed by atoms with van der Waals surface area (Å²) < 4.78 is 2.19. The highest BCUT2D eigenvalue weighted by Crippen LogP contribution is 2.16. The largest absolute Gasteiger partial charge is 0.322 e. The number of rotatable bonds is 6. The Kier molecular flexibility index (Phi) is 4.64. The molecule has 0 amide bonds. The molecule has 0 atom stereocenters. The summed E-state index contributed by atoms with van der Waals surface area (Å²) in [4.78, 5) is 4.38. The molecule has 2 aromatic rings. The molecule has 1 N–H and O–H groups in total. The second-order valence-electron chi connectivity index (χ2n) is 3.78. The molecule has 0 radical (unpaired) electrons. The molecule has 1 heterocycles. The van der Waals surface area contributed by atoms with E-state index in [0.29, 0.717) is 0 Å². The first-order chi connectivity index (χ1) is 8.40. The van der Waals surface area contributed by atoms with Gasteiger partial charge in [-0.3, -0.25) is 0 Å². The molecule has 0 aliphatic carbocycles. The molecule has 1 aromatic heterocycles. The van der Waals surface area contributed by atoms with E-state index in [4.69, 9.17) is 0 Å². The number of hydrogen-bond donors (Lipinski definition) is 1. The number of imidazole rings is 1. The van der Waals surface area contributed by atoms with Gasteiger partial charge in [-0.15, -0.1) is 0 Å². The van der Waals surface area contributed by atoms with Gasteiger partial charge in [-0.1, -0.05) is 42.1 Å². The van der Waals surface area contributed by atoms with Crippen LogP contribution in [-0.4, -0.2) is 28.9 Å². The lowest BCUT2D eigenvalue weighted by atomic mass is 10.2. The maximum absolute atomic E-state index is 4.38. The Bertz CT molecular complexity index is 439. The molecule has 17 heavy (non-hydrogen) atoms. The van der Waals surface area contributed by atoms with E-state index >= 15 is 0 Å². The van der Waals surface area contributed by atoms with E-state index in [2.05, 4.69) is 39.1 Å². The van der Waals surface area contributed by atoms with Crippen LogP contribution in [0.25, 0.3) is 0 Å². The molecular formula is C13H17N3S. The molecular weight excluding hydrogens is 230 g/mol. The molecule has 0 spiro atoms. The van der Waals surface area contributed by atoms with E-state index < -0.39 is 0 Å². The van der Waals surface area contributed by atoms with Crippen molar-refractivity contribution in [2.24, 2.45) is 0 Å². The summed E-state index contributed by atoms with van der Waals surface area (Å²) in [6.07, 6.45) is 3.90. The Hall–Kier alpha value is -1.26. The zero-order valence-corrected chi connectivity index (χ0v) is 10.8. The molecule has 2 rings (SSSR count). The quantitative estimate of drug-likeness (QED) is 0.627. The SMILES string of the molecule is CNCCSc1nccn1Cc1ccccc1. The van der Waals surface area contributed by atoms with Gasteiger partial charge in [0.1, 0.15) is 0 Å². The molecule has 0 bridgehead atoms. The second-order valence-corrected chi connectivity index (χ2v) is 4.84. The Morgan fingerprint density at radius 1 is 1.29 bits per heavy atom. The summed E-state index contributed by atoms with van der Waals surface area (Å²) in [5.41, 5.74) is 1.31. The summed E-state index contributed by atoms with van der Waals surface area (Å²) in [6.45, 7) is 1.89. The van der Waals surface area contributed by atoms with E-state index in [1.807, 2.05) is 25.5 Å². The minimum Gasteiger partial charge on any atom is -0.322 e. The third kappa shape index (κ3) is 3.61. The molecule has 90 valence electrons. The lowest BCUT2D eigenvalue weighted by Crippen LogP contribution is -2.10. The van der Waals surface area contributed by atoms with Crippen LogP contribution < -0.4 is 5.32 Å². The zero-order valence-electron chi connectivity index (χ0n) is 9.97. The first-order valence-corrected chi connectivity index (χ1v) is 6.71. The van der Waals surface area contributed by atoms with Crippen LogP contribution in [0.3, 0.4) is 0 Å². The van der Waals surface area contributed by atoms with E-state index in [1.165, 1.54) is 5.56 Å². The summed E-state index contributed by atoms with van der Waals surface area (Å²) in [7, 11) is 1.97. The first-order valence-electron chi connectivity index (χ1n) is 5.72. The standard InChI is InChI=1S/C13H17N3S/c1-14-8-10-17-13-15-7-9-16(13)11-12-5-3-2-4-6-12/h2-7,9,14H,8,10-11H2,1H3. The summed E-state index contributed by atoms with van der Waals surface area (Å²) in [6, 6.07) is 10.5. The van der Waals surface area contributed by atoms with E-state index in [1.54, 1.807) is 11.8 Å². The molecule has 0 saturated heterocycles. The number of hydrogen-bond acceptors (Lipinski definition) is 3. The van der Waals surface area contributed by atoms with Crippen molar-refractivity contribution in [3.05, 3.63) is 48.3 Å². The fraction of sp³-hybridized carbons (Fsp3) is 0.308. The average Bonchev–Trinajstić information content (AvgIpc) is 2.79. The van der Waals surface area contributed by atoms with Crippen LogP contribution in [-0.2, 0) is 6.54 Å². The Morgan fingerprint density at radius 3 is 2.88 bits per heavy atom. The number of nitrogens with one attached hydrogen (secondary N) is 1. The van der Waals surface area contributed by atoms with Crippen LogP contribution in [0.4, 0.5) is 0 Å². The van der Waals surface area contributed by atoms with Crippen LogP contribution in [0, 0.1) is 0 Å². The van der Waals surface area contributed by atoms with Crippen molar-refractivity contribution in [1.29, 1.82) is 0 Å². The van der Waals surface area contributed by atoms with Gasteiger partial charge in [0.05, 0.1) is 0 Å². The van der Waals surface area contributed by atoms with Crippen LogP contribution in [0.2, 0.25) is 0 Å². The fourth-order valence-electron chi connectivity index (χ4n) is 1.58. The number of benzene rings is 1. The van der Waals surface area contributed by atoms with Gasteiger partial charge in [-0.05, 0) is 12.6 Å². The van der Waals surface area contributed by atoms with Crippen molar-refractivity contribution in [2.45, 2.75) is 11.7 Å². The highest BCUT2D eigenvalue weighted by Gasteiger charge is 2.03. The summed E-state index contributed by atoms with van der Waals surface area (Å²) in [5.74, 6) is 1.04. The van der Waals surface area contributed by atoms with Crippen molar-refractivity contribution >= 4 is 11.8 Å². The molecule has 3 nitrogen and oxygen atoms in total. The molecule has 4 heteroatoms. The maximum atomic E-state index is 4.38. The highest BCUT2D eigenvalue weighted by atomic mass is 32.2. The molecule has 0 aliphatic rings. The smallest absolute Gasteiger partial charge is 0.168 e. The third-order valence-electron chi connectivity index (χ3n) is 2.46. The van der Waals surface area contributed by atoms with E-state index in [0.717, 1.165) is 24.0 Å². The monoisotopic (exact) mass is 247 g/mol. The Morgan fingerprint density at radius 2 is 2.12 bits per heavy atom. The predicted octanol–water partition coefficient (Wildman–Crippen LogP) is 2.24. The average molecular weight is 247 g/mol. The van der Waals surface area contributed by atoms with Crippen molar-refractivity contribution < 1.29 is 0 Å². The Labute approximate surface area is 106 Å². The lowest BCUT2D eigenvalue weighted by Gasteiger charge is -2.07. The van der Waals surface area contributed by atoms with Crippen molar-refractivity contribution in [3.8, 4) is 0 Å². The summed E-state index contributed by atoms with van der Waals surface area (Å²) >= 11 is 1.79. The van der Waals surface area contributed by atoms with E-state index in [-0.39, 0.29) is 0 Å². The van der Waals surface area contributed by atoms with Crippen LogP contribution in [0.1, 0.15) is 5.56 Å². The van der Waals surface area contributed by atoms with Crippen molar-refractivity contribution in [3.63, 3.8) is 0 Å². The minimum atomic E-state index is 0.892. The van der Waals surface area contributed by atoms with Crippen molar-refractivity contribution in [1.82, 2.24) is 14.9 Å². The molecule has 0 saturated carbocycles. The second kappa shape index (κ2) is 6.47. The van der Waals surface area contributed by atoms with Gasteiger partial charge in [-0.25, -0.2) is 4.98 Å². The third-order valence-corrected chi connectivity index (χ3v) is 3.46. The fourth-order valence-corrected chi connectivity index (χ4v) is 2.50. The van der Waals surface area contributed by atoms with E-state index in [9.17, 15) is 0 Å². The van der Waals surface area contributed by atoms with Gasteiger partial charge >= 0.3 is 0 Å². The molecule has 0 unspecified atom stereocenters. The van der Waals surface area contributed by atoms with Crippen molar-refractivity contribution in [2.75, 3.05) is 19.3 Å². The highest BCUT2D eigenvalue weighted by molar-refractivity contribution is 7.99. The molecule has 0 fully saturated rings.